The molecule has 6 heteroatoms. The number of carbonyl (C=O) groups excluding carboxylic acids is 2. The zero-order valence-electron chi connectivity index (χ0n) is 9.60. The summed E-state index contributed by atoms with van der Waals surface area (Å²) in [5.74, 6) is -0.442. The number of nitrogens with zero attached hydrogens (tertiary/aromatic N) is 2. The number of hydrogen-bond donors (Lipinski definition) is 1. The van der Waals surface area contributed by atoms with Crippen LogP contribution in [-0.2, 0) is 0 Å². The van der Waals surface area contributed by atoms with E-state index in [1.54, 1.807) is 4.90 Å². The lowest BCUT2D eigenvalue weighted by Crippen LogP contribution is -2.51. The first-order valence-electron chi connectivity index (χ1n) is 5.41. The van der Waals surface area contributed by atoms with Crippen LogP contribution in [0.1, 0.15) is 10.6 Å². The molecule has 1 aromatic rings. The number of likely N-dealkylation sites (N-methyl/N-ethyl adjacent to an activating group) is 1. The molecule has 0 aromatic carbocycles. The van der Waals surface area contributed by atoms with Crippen molar-refractivity contribution in [3.63, 3.8) is 0 Å². The van der Waals surface area contributed by atoms with Gasteiger partial charge < -0.3 is 14.2 Å². The van der Waals surface area contributed by atoms with Gasteiger partial charge >= 0.3 is 6.03 Å². The Morgan fingerprint density at radius 1 is 1.35 bits per heavy atom. The molecule has 0 unspecified atom stereocenters. The molecule has 3 amide bonds. The van der Waals surface area contributed by atoms with Crippen LogP contribution in [0.4, 0.5) is 4.79 Å². The lowest BCUT2D eigenvalue weighted by Gasteiger charge is -2.31. The van der Waals surface area contributed by atoms with Crippen LogP contribution in [-0.4, -0.2) is 55.0 Å². The van der Waals surface area contributed by atoms with Crippen molar-refractivity contribution >= 4 is 11.9 Å². The lowest BCUT2D eigenvalue weighted by atomic mass is 10.3. The van der Waals surface area contributed by atoms with Crippen LogP contribution in [0.15, 0.2) is 16.5 Å². The van der Waals surface area contributed by atoms with Crippen molar-refractivity contribution in [2.24, 2.45) is 0 Å². The zero-order chi connectivity index (χ0) is 12.3. The Morgan fingerprint density at radius 2 is 2.06 bits per heavy atom. The van der Waals surface area contributed by atoms with Gasteiger partial charge in [-0.05, 0) is 19.2 Å². The number of rotatable bonds is 1. The van der Waals surface area contributed by atoms with Crippen molar-refractivity contribution in [2.45, 2.75) is 0 Å². The molecule has 2 rings (SSSR count). The molecule has 1 saturated heterocycles. The lowest BCUT2D eigenvalue weighted by molar-refractivity contribution is 0.0913. The van der Waals surface area contributed by atoms with Gasteiger partial charge in [0.1, 0.15) is 0 Å². The molecule has 1 fully saturated rings. The fourth-order valence-corrected chi connectivity index (χ4v) is 1.61. The van der Waals surface area contributed by atoms with Crippen LogP contribution in [0.5, 0.6) is 0 Å². The van der Waals surface area contributed by atoms with Crippen LogP contribution < -0.4 is 5.32 Å². The SMILES string of the molecule is CN1CCN(C(=O)NC(=O)c2cc[c]o2)CC1. The van der Waals surface area contributed by atoms with E-state index in [4.69, 9.17) is 4.42 Å². The second-order valence-electron chi connectivity index (χ2n) is 3.97. The molecule has 91 valence electrons. The maximum absolute atomic E-state index is 11.7. The molecule has 17 heavy (non-hydrogen) atoms. The Balaban J connectivity index is 1.87. The Hall–Kier alpha value is -1.82. The van der Waals surface area contributed by atoms with Crippen molar-refractivity contribution in [2.75, 3.05) is 33.2 Å². The number of amides is 3. The quantitative estimate of drug-likeness (QED) is 0.755. The predicted octanol–water partition coefficient (Wildman–Crippen LogP) is 0.177. The molecule has 0 spiro atoms. The summed E-state index contributed by atoms with van der Waals surface area (Å²) in [5, 5.41) is 2.28. The Labute approximate surface area is 99.2 Å². The van der Waals surface area contributed by atoms with E-state index in [1.165, 1.54) is 12.1 Å². The highest BCUT2D eigenvalue weighted by atomic mass is 16.3. The molecule has 1 aliphatic rings. The summed E-state index contributed by atoms with van der Waals surface area (Å²) in [7, 11) is 2.00. The molecular weight excluding hydrogens is 222 g/mol. The third kappa shape index (κ3) is 2.85. The minimum atomic E-state index is -0.532. The maximum atomic E-state index is 11.7. The first kappa shape index (κ1) is 11.7. The number of furan rings is 1. The van der Waals surface area contributed by atoms with E-state index in [0.29, 0.717) is 13.1 Å². The van der Waals surface area contributed by atoms with Crippen LogP contribution >= 0.6 is 0 Å². The van der Waals surface area contributed by atoms with Gasteiger partial charge in [0.25, 0.3) is 5.91 Å². The fraction of sp³-hybridized carbons (Fsp3) is 0.455. The molecule has 1 N–H and O–H groups in total. The molecule has 1 aromatic heterocycles. The Morgan fingerprint density at radius 3 is 2.65 bits per heavy atom. The monoisotopic (exact) mass is 236 g/mol. The summed E-state index contributed by atoms with van der Waals surface area (Å²) in [6, 6.07) is 2.57. The summed E-state index contributed by atoms with van der Waals surface area (Å²) in [6.07, 6.45) is 2.40. The molecule has 0 aliphatic carbocycles. The average Bonchev–Trinajstić information content (AvgIpc) is 2.83. The van der Waals surface area contributed by atoms with Crippen molar-refractivity contribution in [1.29, 1.82) is 0 Å². The van der Waals surface area contributed by atoms with Gasteiger partial charge in [0.2, 0.25) is 0 Å². The van der Waals surface area contributed by atoms with Gasteiger partial charge in [0, 0.05) is 26.2 Å². The predicted molar refractivity (Wildman–Crippen MR) is 59.5 cm³/mol. The van der Waals surface area contributed by atoms with Gasteiger partial charge in [0.05, 0.1) is 0 Å². The van der Waals surface area contributed by atoms with Gasteiger partial charge in [-0.15, -0.1) is 0 Å². The molecule has 1 aliphatic heterocycles. The fourth-order valence-electron chi connectivity index (χ4n) is 1.61. The Kier molecular flexibility index (Phi) is 3.43. The van der Waals surface area contributed by atoms with Gasteiger partial charge in [-0.25, -0.2) is 4.79 Å². The second-order valence-corrected chi connectivity index (χ2v) is 3.97. The van der Waals surface area contributed by atoms with E-state index in [0.717, 1.165) is 13.1 Å². The highest BCUT2D eigenvalue weighted by molar-refractivity contribution is 6.02. The summed E-state index contributed by atoms with van der Waals surface area (Å²) in [4.78, 5) is 27.0. The summed E-state index contributed by atoms with van der Waals surface area (Å²) < 4.78 is 4.78. The first-order chi connectivity index (χ1) is 8.16. The van der Waals surface area contributed by atoms with Gasteiger partial charge in [-0.1, -0.05) is 0 Å². The molecule has 2 heterocycles. The highest BCUT2D eigenvalue weighted by Crippen LogP contribution is 2.02. The topological polar surface area (TPSA) is 65.8 Å². The number of imide groups is 1. The van der Waals surface area contributed by atoms with E-state index in [1.807, 2.05) is 7.05 Å². The number of urea groups is 1. The largest absolute Gasteiger partial charge is 0.448 e. The number of piperazine rings is 1. The maximum Gasteiger partial charge on any atom is 0.324 e. The van der Waals surface area contributed by atoms with Crippen molar-refractivity contribution in [3.8, 4) is 0 Å². The van der Waals surface area contributed by atoms with Crippen LogP contribution in [0.3, 0.4) is 0 Å². The number of hydrogen-bond acceptors (Lipinski definition) is 4. The average molecular weight is 236 g/mol. The number of carbonyl (C=O) groups is 2. The van der Waals surface area contributed by atoms with E-state index in [-0.39, 0.29) is 11.8 Å². The minimum absolute atomic E-state index is 0.0903. The number of nitrogens with one attached hydrogen (secondary N) is 1. The molecular formula is C11H14N3O3. The molecule has 0 bridgehead atoms. The Bertz CT molecular complexity index is 394. The van der Waals surface area contributed by atoms with Crippen LogP contribution in [0, 0.1) is 6.26 Å². The second kappa shape index (κ2) is 5.01. The highest BCUT2D eigenvalue weighted by Gasteiger charge is 2.21. The third-order valence-corrected chi connectivity index (χ3v) is 2.71. The molecule has 1 radical (unpaired) electrons. The summed E-state index contributed by atoms with van der Waals surface area (Å²) >= 11 is 0. The van der Waals surface area contributed by atoms with Crippen molar-refractivity contribution in [3.05, 3.63) is 24.2 Å². The van der Waals surface area contributed by atoms with Crippen molar-refractivity contribution < 1.29 is 14.0 Å². The smallest absolute Gasteiger partial charge is 0.324 e. The van der Waals surface area contributed by atoms with Gasteiger partial charge in [-0.2, -0.15) is 0 Å². The third-order valence-electron chi connectivity index (χ3n) is 2.71. The van der Waals surface area contributed by atoms with E-state index in [2.05, 4.69) is 16.5 Å². The van der Waals surface area contributed by atoms with E-state index < -0.39 is 5.91 Å². The normalized spacial score (nSPS) is 16.9. The molecule has 0 saturated carbocycles. The van der Waals surface area contributed by atoms with E-state index in [9.17, 15) is 9.59 Å². The van der Waals surface area contributed by atoms with Gasteiger partial charge in [0.15, 0.2) is 12.0 Å². The first-order valence-corrected chi connectivity index (χ1v) is 5.41. The van der Waals surface area contributed by atoms with E-state index >= 15 is 0 Å². The summed E-state index contributed by atoms with van der Waals surface area (Å²) in [6.45, 7) is 2.88. The van der Waals surface area contributed by atoms with Crippen LogP contribution in [0.2, 0.25) is 0 Å². The molecule has 0 atom stereocenters. The summed E-state index contributed by atoms with van der Waals surface area (Å²) in [5.41, 5.74) is 0. The standard InChI is InChI=1S/C11H14N3O3/c1-13-4-6-14(7-5-13)11(16)12-10(15)9-3-2-8-17-9/h2-3H,4-7H2,1H3,(H,12,15,16). The zero-order valence-corrected chi connectivity index (χ0v) is 9.60. The van der Waals surface area contributed by atoms with Gasteiger partial charge in [-0.3, -0.25) is 10.1 Å². The van der Waals surface area contributed by atoms with Crippen molar-refractivity contribution in [1.82, 2.24) is 15.1 Å². The minimum Gasteiger partial charge on any atom is -0.448 e. The van der Waals surface area contributed by atoms with Crippen LogP contribution in [0.25, 0.3) is 0 Å². The molecule has 6 nitrogen and oxygen atoms in total.